The van der Waals surface area contributed by atoms with Crippen LogP contribution < -0.4 is 4.90 Å². The Morgan fingerprint density at radius 3 is 2.60 bits per heavy atom. The lowest BCUT2D eigenvalue weighted by Gasteiger charge is -2.21. The highest BCUT2D eigenvalue weighted by Crippen LogP contribution is 2.34. The molecule has 3 aromatic rings. The van der Waals surface area contributed by atoms with Crippen molar-refractivity contribution >= 4 is 49.9 Å². The third kappa shape index (κ3) is 4.77. The van der Waals surface area contributed by atoms with Crippen LogP contribution in [0.25, 0.3) is 10.2 Å². The lowest BCUT2D eigenvalue weighted by atomic mass is 10.1. The van der Waals surface area contributed by atoms with Crippen LogP contribution in [0.1, 0.15) is 27.9 Å². The van der Waals surface area contributed by atoms with Gasteiger partial charge in [-0.05, 0) is 64.2 Å². The Kier molecular flexibility index (Phi) is 6.70. The Morgan fingerprint density at radius 2 is 1.93 bits per heavy atom. The minimum Gasteiger partial charge on any atom is -0.309 e. The lowest BCUT2D eigenvalue weighted by molar-refractivity contribution is -0.384. The number of benzene rings is 2. The fourth-order valence-corrected chi connectivity index (χ4v) is 4.48. The van der Waals surface area contributed by atoms with Crippen molar-refractivity contribution in [2.75, 3.05) is 32.1 Å². The standard InChI is InChI=1S/C21H23ClN4O3S/c1-13-10-14(2)19-18(11-13)23-21(30-19)25(9-5-8-24(3)4)20(27)16-12-15(26(28)29)6-7-17(16)22/h6-7,10-12H,5,8-9H2,1-4H3. The van der Waals surface area contributed by atoms with Gasteiger partial charge in [-0.15, -0.1) is 0 Å². The van der Waals surface area contributed by atoms with E-state index in [1.54, 1.807) is 4.90 Å². The van der Waals surface area contributed by atoms with Gasteiger partial charge in [0.2, 0.25) is 0 Å². The van der Waals surface area contributed by atoms with Crippen LogP contribution in [-0.2, 0) is 0 Å². The number of aryl methyl sites for hydroxylation is 2. The van der Waals surface area contributed by atoms with Gasteiger partial charge >= 0.3 is 0 Å². The zero-order valence-electron chi connectivity index (χ0n) is 17.3. The average molecular weight is 447 g/mol. The summed E-state index contributed by atoms with van der Waals surface area (Å²) in [4.78, 5) is 32.4. The molecular formula is C21H23ClN4O3S. The number of aromatic nitrogens is 1. The molecule has 1 amide bonds. The van der Waals surface area contributed by atoms with Gasteiger partial charge in [-0.1, -0.05) is 29.0 Å². The van der Waals surface area contributed by atoms with E-state index in [1.807, 2.05) is 38.9 Å². The summed E-state index contributed by atoms with van der Waals surface area (Å²) in [7, 11) is 3.93. The van der Waals surface area contributed by atoms with Crippen molar-refractivity contribution in [1.29, 1.82) is 0 Å². The number of hydrogen-bond acceptors (Lipinski definition) is 6. The van der Waals surface area contributed by atoms with Crippen molar-refractivity contribution in [2.24, 2.45) is 0 Å². The molecule has 0 saturated carbocycles. The molecule has 0 bridgehead atoms. The van der Waals surface area contributed by atoms with Crippen LogP contribution in [0, 0.1) is 24.0 Å². The predicted octanol–water partition coefficient (Wildman–Crippen LogP) is 5.07. The molecule has 1 heterocycles. The maximum absolute atomic E-state index is 13.4. The molecule has 1 aromatic heterocycles. The third-order valence-electron chi connectivity index (χ3n) is 4.66. The largest absolute Gasteiger partial charge is 0.309 e. The van der Waals surface area contributed by atoms with Gasteiger partial charge in [0, 0.05) is 18.7 Å². The molecule has 0 fully saturated rings. The van der Waals surface area contributed by atoms with E-state index in [1.165, 1.54) is 29.5 Å². The van der Waals surface area contributed by atoms with E-state index in [4.69, 9.17) is 16.6 Å². The Balaban J connectivity index is 2.05. The monoisotopic (exact) mass is 446 g/mol. The quantitative estimate of drug-likeness (QED) is 0.373. The predicted molar refractivity (Wildman–Crippen MR) is 122 cm³/mol. The first-order valence-electron chi connectivity index (χ1n) is 9.45. The minimum atomic E-state index is -0.534. The number of nitrogens with zero attached hydrogens (tertiary/aromatic N) is 4. The molecule has 0 unspecified atom stereocenters. The number of anilines is 1. The van der Waals surface area contributed by atoms with Crippen LogP contribution in [0.2, 0.25) is 5.02 Å². The molecule has 0 aliphatic heterocycles. The first kappa shape index (κ1) is 22.1. The number of halogens is 1. The van der Waals surface area contributed by atoms with E-state index in [0.29, 0.717) is 11.7 Å². The molecule has 7 nitrogen and oxygen atoms in total. The number of carbonyl (C=O) groups excluding carboxylic acids is 1. The number of hydrogen-bond donors (Lipinski definition) is 0. The summed E-state index contributed by atoms with van der Waals surface area (Å²) < 4.78 is 1.02. The number of nitro benzene ring substituents is 1. The maximum atomic E-state index is 13.4. The van der Waals surface area contributed by atoms with Crippen molar-refractivity contribution in [1.82, 2.24) is 9.88 Å². The van der Waals surface area contributed by atoms with Gasteiger partial charge in [0.1, 0.15) is 0 Å². The van der Waals surface area contributed by atoms with E-state index in [9.17, 15) is 14.9 Å². The van der Waals surface area contributed by atoms with Gasteiger partial charge in [-0.3, -0.25) is 19.8 Å². The number of rotatable bonds is 7. The normalized spacial score (nSPS) is 11.3. The Hall–Kier alpha value is -2.55. The summed E-state index contributed by atoms with van der Waals surface area (Å²) in [6, 6.07) is 7.98. The summed E-state index contributed by atoms with van der Waals surface area (Å²) in [6.45, 7) is 5.24. The van der Waals surface area contributed by atoms with E-state index in [-0.39, 0.29) is 16.3 Å². The number of carbonyl (C=O) groups is 1. The van der Waals surface area contributed by atoms with Crippen LogP contribution in [-0.4, -0.2) is 47.9 Å². The second-order valence-corrected chi connectivity index (χ2v) is 8.85. The molecule has 0 spiro atoms. The maximum Gasteiger partial charge on any atom is 0.270 e. The van der Waals surface area contributed by atoms with E-state index < -0.39 is 10.8 Å². The van der Waals surface area contributed by atoms with Crippen molar-refractivity contribution < 1.29 is 9.72 Å². The zero-order valence-corrected chi connectivity index (χ0v) is 18.9. The van der Waals surface area contributed by atoms with Gasteiger partial charge in [-0.25, -0.2) is 4.98 Å². The Labute approximate surface area is 184 Å². The van der Waals surface area contributed by atoms with E-state index in [0.717, 1.165) is 34.3 Å². The highest BCUT2D eigenvalue weighted by molar-refractivity contribution is 7.22. The molecule has 0 N–H and O–H groups in total. The van der Waals surface area contributed by atoms with E-state index in [2.05, 4.69) is 6.07 Å². The van der Waals surface area contributed by atoms with Gasteiger partial charge < -0.3 is 4.90 Å². The highest BCUT2D eigenvalue weighted by atomic mass is 35.5. The minimum absolute atomic E-state index is 0.0999. The number of amides is 1. The molecule has 0 aliphatic carbocycles. The first-order valence-corrected chi connectivity index (χ1v) is 10.6. The Bertz CT molecular complexity index is 1110. The second-order valence-electron chi connectivity index (χ2n) is 7.46. The van der Waals surface area contributed by atoms with Crippen LogP contribution in [0.5, 0.6) is 0 Å². The fraction of sp³-hybridized carbons (Fsp3) is 0.333. The summed E-state index contributed by atoms with van der Waals surface area (Å²) in [5.41, 5.74) is 2.96. The van der Waals surface area contributed by atoms with Gasteiger partial charge in [-0.2, -0.15) is 0 Å². The van der Waals surface area contributed by atoms with Crippen LogP contribution in [0.15, 0.2) is 30.3 Å². The number of thiazole rings is 1. The van der Waals surface area contributed by atoms with Crippen LogP contribution >= 0.6 is 22.9 Å². The molecule has 0 saturated heterocycles. The van der Waals surface area contributed by atoms with Crippen LogP contribution in [0.4, 0.5) is 10.8 Å². The van der Waals surface area contributed by atoms with Crippen molar-refractivity contribution in [3.8, 4) is 0 Å². The third-order valence-corrected chi connectivity index (χ3v) is 6.22. The Morgan fingerprint density at radius 1 is 1.20 bits per heavy atom. The molecular weight excluding hydrogens is 424 g/mol. The summed E-state index contributed by atoms with van der Waals surface area (Å²) >= 11 is 7.68. The van der Waals surface area contributed by atoms with E-state index >= 15 is 0 Å². The zero-order chi connectivity index (χ0) is 22.0. The highest BCUT2D eigenvalue weighted by Gasteiger charge is 2.25. The fourth-order valence-electron chi connectivity index (χ4n) is 3.25. The summed E-state index contributed by atoms with van der Waals surface area (Å²) in [5, 5.41) is 11.9. The van der Waals surface area contributed by atoms with Crippen molar-refractivity contribution in [2.45, 2.75) is 20.3 Å². The summed E-state index contributed by atoms with van der Waals surface area (Å²) in [5.74, 6) is -0.393. The first-order chi connectivity index (χ1) is 14.2. The molecule has 0 aliphatic rings. The lowest BCUT2D eigenvalue weighted by Crippen LogP contribution is -2.33. The number of fused-ring (bicyclic) bond motifs is 1. The van der Waals surface area contributed by atoms with Gasteiger partial charge in [0.15, 0.2) is 5.13 Å². The summed E-state index contributed by atoms with van der Waals surface area (Å²) in [6.07, 6.45) is 0.721. The average Bonchev–Trinajstić information content (AvgIpc) is 3.08. The molecule has 3 rings (SSSR count). The van der Waals surface area contributed by atoms with Gasteiger partial charge in [0.25, 0.3) is 11.6 Å². The smallest absolute Gasteiger partial charge is 0.270 e. The van der Waals surface area contributed by atoms with Gasteiger partial charge in [0.05, 0.1) is 25.7 Å². The number of nitro groups is 1. The molecule has 2 aromatic carbocycles. The molecule has 30 heavy (non-hydrogen) atoms. The molecule has 158 valence electrons. The SMILES string of the molecule is Cc1cc(C)c2sc(N(CCCN(C)C)C(=O)c3cc([N+](=O)[O-])ccc3Cl)nc2c1. The number of non-ortho nitro benzene ring substituents is 1. The topological polar surface area (TPSA) is 79.6 Å². The van der Waals surface area contributed by atoms with Crippen molar-refractivity contribution in [3.05, 3.63) is 62.2 Å². The van der Waals surface area contributed by atoms with Crippen molar-refractivity contribution in [3.63, 3.8) is 0 Å². The van der Waals surface area contributed by atoms with Crippen LogP contribution in [0.3, 0.4) is 0 Å². The molecule has 0 atom stereocenters. The molecule has 9 heteroatoms. The molecule has 0 radical (unpaired) electrons. The second kappa shape index (κ2) is 9.07.